The number of anilines is 1. The van der Waals surface area contributed by atoms with Crippen molar-refractivity contribution in [3.63, 3.8) is 0 Å². The minimum Gasteiger partial charge on any atom is -0.462 e. The molecule has 0 saturated carbocycles. The number of thiophene rings is 1. The van der Waals surface area contributed by atoms with Crippen LogP contribution in [0.1, 0.15) is 31.1 Å². The van der Waals surface area contributed by atoms with E-state index in [0.29, 0.717) is 16.1 Å². The third kappa shape index (κ3) is 4.92. The van der Waals surface area contributed by atoms with Crippen LogP contribution in [0, 0.1) is 5.92 Å². The van der Waals surface area contributed by atoms with Gasteiger partial charge in [0, 0.05) is 10.9 Å². The van der Waals surface area contributed by atoms with E-state index in [0.717, 1.165) is 5.56 Å². The predicted molar refractivity (Wildman–Crippen MR) is 100 cm³/mol. The lowest BCUT2D eigenvalue weighted by Gasteiger charge is -2.10. The minimum absolute atomic E-state index is 0.225. The summed E-state index contributed by atoms with van der Waals surface area (Å²) in [5.74, 6) is -1.79. The molecule has 0 aliphatic rings. The maximum atomic E-state index is 12.4. The van der Waals surface area contributed by atoms with E-state index in [1.807, 2.05) is 30.3 Å². The van der Waals surface area contributed by atoms with Gasteiger partial charge in [-0.25, -0.2) is 4.79 Å². The van der Waals surface area contributed by atoms with Gasteiger partial charge in [0.25, 0.3) is 5.91 Å². The van der Waals surface area contributed by atoms with Gasteiger partial charge in [-0.1, -0.05) is 44.2 Å². The number of benzene rings is 1. The fourth-order valence-corrected chi connectivity index (χ4v) is 3.13. The van der Waals surface area contributed by atoms with Crippen molar-refractivity contribution in [2.75, 3.05) is 18.5 Å². The van der Waals surface area contributed by atoms with Gasteiger partial charge in [-0.2, -0.15) is 0 Å². The molecular formula is C19H21NO5S. The van der Waals surface area contributed by atoms with E-state index in [-0.39, 0.29) is 12.5 Å². The van der Waals surface area contributed by atoms with Crippen molar-refractivity contribution in [1.82, 2.24) is 0 Å². The Balaban J connectivity index is 2.23. The average Bonchev–Trinajstić information content (AvgIpc) is 3.04. The number of ether oxygens (including phenoxy) is 2. The second-order valence-electron chi connectivity index (χ2n) is 5.75. The van der Waals surface area contributed by atoms with Crippen molar-refractivity contribution >= 4 is 34.2 Å². The molecule has 1 heterocycles. The van der Waals surface area contributed by atoms with Gasteiger partial charge in [-0.3, -0.25) is 9.59 Å². The summed E-state index contributed by atoms with van der Waals surface area (Å²) in [6, 6.07) is 9.37. The molecule has 1 N–H and O–H groups in total. The first-order chi connectivity index (χ1) is 12.4. The second-order valence-corrected chi connectivity index (χ2v) is 6.63. The van der Waals surface area contributed by atoms with Gasteiger partial charge in [-0.15, -0.1) is 11.3 Å². The second kappa shape index (κ2) is 9.15. The molecule has 1 amide bonds. The summed E-state index contributed by atoms with van der Waals surface area (Å²) in [5.41, 5.74) is 1.83. The van der Waals surface area contributed by atoms with E-state index < -0.39 is 24.5 Å². The van der Waals surface area contributed by atoms with Gasteiger partial charge in [0.15, 0.2) is 6.61 Å². The summed E-state index contributed by atoms with van der Waals surface area (Å²) in [5, 5.41) is 4.79. The van der Waals surface area contributed by atoms with Crippen LogP contribution < -0.4 is 5.32 Å². The molecule has 0 unspecified atom stereocenters. The standard InChI is InChI=1S/C19H21NO5S/c1-4-24-19(23)16-14(13-8-6-5-7-9-13)11-26-17(16)20-15(21)10-25-18(22)12(2)3/h5-9,11-12H,4,10H2,1-3H3,(H,20,21). The summed E-state index contributed by atoms with van der Waals surface area (Å²) in [7, 11) is 0. The van der Waals surface area contributed by atoms with E-state index in [4.69, 9.17) is 9.47 Å². The molecule has 0 bridgehead atoms. The maximum absolute atomic E-state index is 12.4. The van der Waals surface area contributed by atoms with Gasteiger partial charge in [-0.05, 0) is 12.5 Å². The lowest BCUT2D eigenvalue weighted by atomic mass is 10.0. The number of nitrogens with one attached hydrogen (secondary N) is 1. The van der Waals surface area contributed by atoms with Crippen molar-refractivity contribution in [3.05, 3.63) is 41.3 Å². The molecular weight excluding hydrogens is 354 g/mol. The van der Waals surface area contributed by atoms with Crippen molar-refractivity contribution in [2.45, 2.75) is 20.8 Å². The lowest BCUT2D eigenvalue weighted by Crippen LogP contribution is -2.23. The number of carbonyl (C=O) groups is 3. The number of esters is 2. The maximum Gasteiger partial charge on any atom is 0.341 e. The van der Waals surface area contributed by atoms with Crippen LogP contribution in [0.25, 0.3) is 11.1 Å². The molecule has 0 atom stereocenters. The topological polar surface area (TPSA) is 81.7 Å². The van der Waals surface area contributed by atoms with Gasteiger partial charge in [0.1, 0.15) is 10.6 Å². The molecule has 0 spiro atoms. The van der Waals surface area contributed by atoms with E-state index in [9.17, 15) is 14.4 Å². The zero-order chi connectivity index (χ0) is 19.1. The Morgan fingerprint density at radius 1 is 1.12 bits per heavy atom. The number of hydrogen-bond acceptors (Lipinski definition) is 6. The zero-order valence-corrected chi connectivity index (χ0v) is 15.7. The predicted octanol–water partition coefficient (Wildman–Crippen LogP) is 3.73. The average molecular weight is 375 g/mol. The molecule has 0 saturated heterocycles. The van der Waals surface area contributed by atoms with E-state index >= 15 is 0 Å². The summed E-state index contributed by atoms with van der Waals surface area (Å²) in [6.07, 6.45) is 0. The van der Waals surface area contributed by atoms with E-state index in [1.165, 1.54) is 11.3 Å². The minimum atomic E-state index is -0.512. The molecule has 138 valence electrons. The fraction of sp³-hybridized carbons (Fsp3) is 0.316. The van der Waals surface area contributed by atoms with Crippen LogP contribution in [-0.4, -0.2) is 31.1 Å². The quantitative estimate of drug-likeness (QED) is 0.746. The molecule has 0 aliphatic carbocycles. The van der Waals surface area contributed by atoms with Crippen molar-refractivity contribution in [1.29, 1.82) is 0 Å². The SMILES string of the molecule is CCOC(=O)c1c(-c2ccccc2)csc1NC(=O)COC(=O)C(C)C. The molecule has 1 aromatic heterocycles. The number of rotatable bonds is 7. The van der Waals surface area contributed by atoms with Crippen molar-refractivity contribution < 1.29 is 23.9 Å². The molecule has 0 fully saturated rings. The molecule has 0 aliphatic heterocycles. The number of amides is 1. The molecule has 2 rings (SSSR count). The summed E-state index contributed by atoms with van der Waals surface area (Å²) < 4.78 is 10.0. The molecule has 6 nitrogen and oxygen atoms in total. The van der Waals surface area contributed by atoms with Crippen LogP contribution >= 0.6 is 11.3 Å². The highest BCUT2D eigenvalue weighted by Gasteiger charge is 2.23. The van der Waals surface area contributed by atoms with Gasteiger partial charge in [0.05, 0.1) is 12.5 Å². The summed E-state index contributed by atoms with van der Waals surface area (Å²) in [6.45, 7) is 4.91. The molecule has 26 heavy (non-hydrogen) atoms. The van der Waals surface area contributed by atoms with Crippen LogP contribution in [0.3, 0.4) is 0 Å². The normalized spacial score (nSPS) is 10.5. The van der Waals surface area contributed by atoms with Gasteiger partial charge < -0.3 is 14.8 Å². The highest BCUT2D eigenvalue weighted by atomic mass is 32.1. The first kappa shape index (κ1) is 19.7. The van der Waals surface area contributed by atoms with Gasteiger partial charge in [0.2, 0.25) is 0 Å². The fourth-order valence-electron chi connectivity index (χ4n) is 2.15. The molecule has 7 heteroatoms. The van der Waals surface area contributed by atoms with Crippen molar-refractivity contribution in [3.8, 4) is 11.1 Å². The first-order valence-electron chi connectivity index (χ1n) is 8.24. The monoisotopic (exact) mass is 375 g/mol. The Labute approximate surface area is 156 Å². The smallest absolute Gasteiger partial charge is 0.341 e. The van der Waals surface area contributed by atoms with Crippen LogP contribution in [0.5, 0.6) is 0 Å². The van der Waals surface area contributed by atoms with E-state index in [1.54, 1.807) is 26.2 Å². The molecule has 2 aromatic rings. The van der Waals surface area contributed by atoms with Crippen molar-refractivity contribution in [2.24, 2.45) is 5.92 Å². The van der Waals surface area contributed by atoms with Crippen LogP contribution in [0.15, 0.2) is 35.7 Å². The van der Waals surface area contributed by atoms with Crippen LogP contribution in [0.4, 0.5) is 5.00 Å². The van der Waals surface area contributed by atoms with E-state index in [2.05, 4.69) is 5.32 Å². The third-order valence-corrected chi connectivity index (χ3v) is 4.32. The summed E-state index contributed by atoms with van der Waals surface area (Å²) in [4.78, 5) is 36.0. The highest BCUT2D eigenvalue weighted by molar-refractivity contribution is 7.15. The molecule has 0 radical (unpaired) electrons. The first-order valence-corrected chi connectivity index (χ1v) is 9.12. The van der Waals surface area contributed by atoms with Crippen LogP contribution in [0.2, 0.25) is 0 Å². The lowest BCUT2D eigenvalue weighted by molar-refractivity contribution is -0.150. The van der Waals surface area contributed by atoms with Crippen LogP contribution in [-0.2, 0) is 19.1 Å². The Kier molecular flexibility index (Phi) is 6.91. The Morgan fingerprint density at radius 3 is 2.42 bits per heavy atom. The zero-order valence-electron chi connectivity index (χ0n) is 14.9. The third-order valence-electron chi connectivity index (χ3n) is 3.43. The Morgan fingerprint density at radius 2 is 1.81 bits per heavy atom. The number of carbonyl (C=O) groups excluding carboxylic acids is 3. The number of hydrogen-bond donors (Lipinski definition) is 1. The Hall–Kier alpha value is -2.67. The largest absolute Gasteiger partial charge is 0.462 e. The summed E-state index contributed by atoms with van der Waals surface area (Å²) >= 11 is 1.22. The highest BCUT2D eigenvalue weighted by Crippen LogP contribution is 2.36. The van der Waals surface area contributed by atoms with Gasteiger partial charge >= 0.3 is 11.9 Å². The molecule has 1 aromatic carbocycles. The Bertz CT molecular complexity index is 782.